The number of Topliss-reactive ketones (excluding diaryl/α,β-unsaturated/α-hetero) is 1. The van der Waals surface area contributed by atoms with E-state index in [1.54, 1.807) is 31.2 Å². The van der Waals surface area contributed by atoms with Crippen molar-refractivity contribution in [2.45, 2.75) is 55.9 Å². The van der Waals surface area contributed by atoms with E-state index in [0.29, 0.717) is 17.9 Å². The number of ketones is 1. The van der Waals surface area contributed by atoms with Gasteiger partial charge in [-0.1, -0.05) is 50.8 Å². The topological polar surface area (TPSA) is 83.9 Å². The molecule has 34 heavy (non-hydrogen) atoms. The minimum Gasteiger partial charge on any atom is -0.299 e. The maximum atomic E-state index is 14.8. The first kappa shape index (κ1) is 23.5. The van der Waals surface area contributed by atoms with Crippen molar-refractivity contribution in [2.24, 2.45) is 21.5 Å². The van der Waals surface area contributed by atoms with Crippen molar-refractivity contribution < 1.29 is 17.4 Å². The molecular weight excluding hydrogens is 468 g/mol. The highest BCUT2D eigenvalue weighted by Crippen LogP contribution is 2.52. The molecule has 1 aliphatic heterocycles. The second-order valence-electron chi connectivity index (χ2n) is 9.86. The van der Waals surface area contributed by atoms with Crippen molar-refractivity contribution in [3.63, 3.8) is 0 Å². The fourth-order valence-corrected chi connectivity index (χ4v) is 10.1. The molecule has 1 saturated heterocycles. The van der Waals surface area contributed by atoms with Gasteiger partial charge in [-0.15, -0.1) is 0 Å². The third-order valence-corrected chi connectivity index (χ3v) is 11.9. The first-order valence-electron chi connectivity index (χ1n) is 11.7. The molecule has 1 saturated carbocycles. The van der Waals surface area contributed by atoms with E-state index >= 15 is 0 Å². The van der Waals surface area contributed by atoms with Crippen LogP contribution in [0, 0.1) is 31.6 Å². The van der Waals surface area contributed by atoms with Gasteiger partial charge in [-0.25, -0.2) is 8.51 Å². The molecule has 2 aliphatic carbocycles. The van der Waals surface area contributed by atoms with Gasteiger partial charge in [0.05, 0.1) is 9.79 Å². The molecular formula is C26H30N2O4S2. The monoisotopic (exact) mass is 498 g/mol. The van der Waals surface area contributed by atoms with Gasteiger partial charge in [0.15, 0.2) is 9.92 Å². The molecule has 0 N–H and O–H groups in total. The van der Waals surface area contributed by atoms with Crippen LogP contribution in [0.5, 0.6) is 0 Å². The molecule has 2 aromatic carbocycles. The summed E-state index contributed by atoms with van der Waals surface area (Å²) in [5.74, 6) is 0.418. The average molecular weight is 499 g/mol. The van der Waals surface area contributed by atoms with Crippen molar-refractivity contribution in [1.29, 1.82) is 0 Å². The number of carbonyl (C=O) groups excluding carboxylic acids is 1. The van der Waals surface area contributed by atoms with Crippen LogP contribution in [-0.4, -0.2) is 35.3 Å². The van der Waals surface area contributed by atoms with Crippen LogP contribution in [0.15, 0.2) is 73.7 Å². The van der Waals surface area contributed by atoms with E-state index < -0.39 is 19.9 Å². The number of aryl methyl sites for hydroxylation is 2. The number of sulfonamides is 1. The molecule has 3 aliphatic rings. The first-order valence-corrected chi connectivity index (χ1v) is 14.6. The van der Waals surface area contributed by atoms with E-state index in [1.807, 2.05) is 30.3 Å². The Morgan fingerprint density at radius 2 is 1.53 bits per heavy atom. The Hall–Kier alpha value is -2.29. The Morgan fingerprint density at radius 1 is 0.941 bits per heavy atom. The Labute approximate surface area is 202 Å². The summed E-state index contributed by atoms with van der Waals surface area (Å²) in [5, 5.41) is 0. The molecule has 1 unspecified atom stereocenters. The van der Waals surface area contributed by atoms with Crippen LogP contribution in [0.4, 0.5) is 0 Å². The van der Waals surface area contributed by atoms with Crippen molar-refractivity contribution >= 4 is 25.7 Å². The Morgan fingerprint density at radius 3 is 2.12 bits per heavy atom. The smallest absolute Gasteiger partial charge is 0.291 e. The third kappa shape index (κ3) is 3.95. The lowest BCUT2D eigenvalue weighted by Crippen LogP contribution is -2.36. The molecule has 180 valence electrons. The maximum absolute atomic E-state index is 14.8. The predicted octanol–water partition coefficient (Wildman–Crippen LogP) is 4.68. The Kier molecular flexibility index (Phi) is 5.81. The number of benzene rings is 2. The zero-order valence-electron chi connectivity index (χ0n) is 19.7. The lowest BCUT2D eigenvalue weighted by molar-refractivity contribution is -0.120. The van der Waals surface area contributed by atoms with Crippen LogP contribution in [0.2, 0.25) is 0 Å². The minimum atomic E-state index is -4.17. The number of allylic oxidation sites excluding steroid dienone is 1. The van der Waals surface area contributed by atoms with Gasteiger partial charge in [0.25, 0.3) is 10.0 Å². The third-order valence-electron chi connectivity index (χ3n) is 7.52. The van der Waals surface area contributed by atoms with Crippen molar-refractivity contribution in [1.82, 2.24) is 4.31 Å². The number of hydrogen-bond acceptors (Lipinski definition) is 4. The zero-order valence-corrected chi connectivity index (χ0v) is 21.3. The molecule has 8 heteroatoms. The number of hydrogen-bond donors (Lipinski definition) is 0. The van der Waals surface area contributed by atoms with Gasteiger partial charge in [0, 0.05) is 24.4 Å². The number of nitrogens with zero attached hydrogens (tertiary/aromatic N) is 2. The van der Waals surface area contributed by atoms with Crippen LogP contribution < -0.4 is 0 Å². The Bertz CT molecular complexity index is 1390. The summed E-state index contributed by atoms with van der Waals surface area (Å²) in [4.78, 5) is 12.6. The zero-order chi connectivity index (χ0) is 24.3. The van der Waals surface area contributed by atoms with Gasteiger partial charge >= 0.3 is 0 Å². The van der Waals surface area contributed by atoms with Gasteiger partial charge < -0.3 is 0 Å². The van der Waals surface area contributed by atoms with E-state index in [2.05, 4.69) is 9.84 Å². The molecule has 0 radical (unpaired) electrons. The fraction of sp³-hybridized carbons (Fsp3) is 0.423. The lowest BCUT2D eigenvalue weighted by Gasteiger charge is -2.28. The number of carbonyl (C=O) groups is 1. The van der Waals surface area contributed by atoms with E-state index in [9.17, 15) is 17.4 Å². The minimum absolute atomic E-state index is 0.0400. The summed E-state index contributed by atoms with van der Waals surface area (Å²) in [6.07, 6.45) is 4.46. The van der Waals surface area contributed by atoms with Crippen molar-refractivity contribution in [3.05, 3.63) is 71.3 Å². The summed E-state index contributed by atoms with van der Waals surface area (Å²) in [5.41, 5.74) is 3.19. The largest absolute Gasteiger partial charge is 0.299 e. The van der Waals surface area contributed by atoms with Gasteiger partial charge in [-0.05, 0) is 70.2 Å². The van der Waals surface area contributed by atoms with Crippen molar-refractivity contribution in [2.75, 3.05) is 6.54 Å². The molecule has 2 fully saturated rings. The van der Waals surface area contributed by atoms with E-state index in [4.69, 9.17) is 0 Å². The quantitative estimate of drug-likeness (QED) is 0.561. The highest BCUT2D eigenvalue weighted by atomic mass is 32.3. The van der Waals surface area contributed by atoms with Gasteiger partial charge in [0.2, 0.25) is 0 Å². The van der Waals surface area contributed by atoms with Crippen LogP contribution in [0.25, 0.3) is 0 Å². The molecule has 1 heterocycles. The molecule has 5 rings (SSSR count). The molecule has 2 aromatic rings. The van der Waals surface area contributed by atoms with Gasteiger partial charge in [-0.2, -0.15) is 8.42 Å². The molecule has 0 aromatic heterocycles. The second-order valence-corrected chi connectivity index (χ2v) is 13.8. The van der Waals surface area contributed by atoms with Crippen LogP contribution in [-0.2, 0) is 24.7 Å². The summed E-state index contributed by atoms with van der Waals surface area (Å²) >= 11 is 0. The highest BCUT2D eigenvalue weighted by molar-refractivity contribution is 8.02. The second kappa shape index (κ2) is 8.43. The van der Waals surface area contributed by atoms with Crippen LogP contribution in [0.1, 0.15) is 37.3 Å². The van der Waals surface area contributed by atoms with E-state index in [0.717, 1.165) is 24.0 Å². The molecule has 0 amide bonds. The summed E-state index contributed by atoms with van der Waals surface area (Å²) in [6, 6.07) is 13.6. The number of rotatable bonds is 5. The molecule has 6 nitrogen and oxygen atoms in total. The lowest BCUT2D eigenvalue weighted by atomic mass is 9.75. The van der Waals surface area contributed by atoms with Crippen molar-refractivity contribution in [3.8, 4) is 0 Å². The first-order chi connectivity index (χ1) is 16.1. The maximum Gasteiger partial charge on any atom is 0.291 e. The SMILES string of the molecule is CC(=O)[C@H]1C=C2CC[C@@H]3[C@H]2[C@@H](C1)CN3S(=O)(=NS(=O)(=O)c1ccc(C)cc1)c1ccc(C)cc1. The van der Waals surface area contributed by atoms with Crippen LogP contribution in [0.3, 0.4) is 0 Å². The standard InChI is InChI=1S/C26H30N2O4S2/c1-17-4-9-23(10-5-17)33(30,27-34(31,32)24-11-6-18(2)7-12-24)28-16-22-15-21(19(3)29)14-20-8-13-25(28)26(20)22/h4-7,9-12,14,21-22,25-26H,8,13,15-16H2,1-3H3/t21-,22-,25+,26+,33?/m0/s1. The molecule has 0 bridgehead atoms. The van der Waals surface area contributed by atoms with Gasteiger partial charge in [0.1, 0.15) is 5.78 Å². The molecule has 0 spiro atoms. The van der Waals surface area contributed by atoms with Crippen LogP contribution >= 0.6 is 0 Å². The predicted molar refractivity (Wildman–Crippen MR) is 132 cm³/mol. The average Bonchev–Trinajstić information content (AvgIpc) is 3.38. The normalized spacial score (nSPS) is 28.1. The van der Waals surface area contributed by atoms with E-state index in [-0.39, 0.29) is 34.5 Å². The Balaban J connectivity index is 1.64. The van der Waals surface area contributed by atoms with Gasteiger partial charge in [-0.3, -0.25) is 4.79 Å². The summed E-state index contributed by atoms with van der Waals surface area (Å²) in [7, 11) is -7.62. The summed E-state index contributed by atoms with van der Waals surface area (Å²) in [6.45, 7) is 5.91. The summed E-state index contributed by atoms with van der Waals surface area (Å²) < 4.78 is 47.6. The highest BCUT2D eigenvalue weighted by Gasteiger charge is 2.53. The fourth-order valence-electron chi connectivity index (χ4n) is 5.79. The molecule has 5 atom stereocenters. The van der Waals surface area contributed by atoms with E-state index in [1.165, 1.54) is 17.7 Å².